The van der Waals surface area contributed by atoms with Crippen LogP contribution in [0.1, 0.15) is 29.5 Å². The molecule has 0 spiro atoms. The van der Waals surface area contributed by atoms with Crippen LogP contribution in [0.2, 0.25) is 6.32 Å². The van der Waals surface area contributed by atoms with Crippen molar-refractivity contribution in [1.82, 2.24) is 10.2 Å². The number of carbonyl (C=O) groups is 1. The van der Waals surface area contributed by atoms with Gasteiger partial charge in [0.15, 0.2) is 0 Å². The number of likely N-dealkylation sites (tertiary alicyclic amines) is 1. The lowest BCUT2D eigenvalue weighted by atomic mass is 9.88. The van der Waals surface area contributed by atoms with Gasteiger partial charge in [0.1, 0.15) is 7.85 Å². The summed E-state index contributed by atoms with van der Waals surface area (Å²) in [5.74, 6) is -0.852. The Hall–Kier alpha value is -1.54. The summed E-state index contributed by atoms with van der Waals surface area (Å²) in [7, 11) is 2.11. The lowest BCUT2D eigenvalue weighted by molar-refractivity contribution is -0.142. The van der Waals surface area contributed by atoms with E-state index in [0.29, 0.717) is 25.1 Å². The summed E-state index contributed by atoms with van der Waals surface area (Å²) in [6.07, 6.45) is -0.615. The van der Waals surface area contributed by atoms with Crippen LogP contribution in [0.5, 0.6) is 0 Å². The molecule has 0 bridgehead atoms. The number of carboxylic acid groups (broad SMARTS) is 1. The summed E-state index contributed by atoms with van der Waals surface area (Å²) in [5, 5.41) is 12.8. The number of aliphatic carboxylic acids is 1. The third-order valence-electron chi connectivity index (χ3n) is 5.82. The van der Waals surface area contributed by atoms with Gasteiger partial charge < -0.3 is 15.3 Å². The minimum atomic E-state index is -4.32. The second kappa shape index (κ2) is 8.23. The summed E-state index contributed by atoms with van der Waals surface area (Å²) in [6, 6.07) is 4.10. The summed E-state index contributed by atoms with van der Waals surface area (Å²) < 4.78 is 38.6. The first-order chi connectivity index (χ1) is 12.8. The second-order valence-corrected chi connectivity index (χ2v) is 7.83. The van der Waals surface area contributed by atoms with Crippen molar-refractivity contribution in [3.63, 3.8) is 0 Å². The fourth-order valence-electron chi connectivity index (χ4n) is 4.35. The monoisotopic (exact) mass is 382 g/mol. The number of benzene rings is 1. The highest BCUT2D eigenvalue weighted by Gasteiger charge is 2.38. The maximum absolute atomic E-state index is 12.9. The maximum atomic E-state index is 12.9. The molecular formula is C19H26BF3N2O2. The molecule has 2 N–H and O–H groups in total. The molecule has 0 radical (unpaired) electrons. The Balaban J connectivity index is 1.61. The molecule has 0 aliphatic carbocycles. The van der Waals surface area contributed by atoms with Gasteiger partial charge in [-0.2, -0.15) is 13.2 Å². The number of alkyl halides is 3. The lowest BCUT2D eigenvalue weighted by Gasteiger charge is -2.30. The third-order valence-corrected chi connectivity index (χ3v) is 5.82. The number of carboxylic acids is 1. The molecule has 2 heterocycles. The van der Waals surface area contributed by atoms with Crippen molar-refractivity contribution in [2.75, 3.05) is 19.6 Å². The highest BCUT2D eigenvalue weighted by atomic mass is 19.4. The molecule has 0 saturated carbocycles. The van der Waals surface area contributed by atoms with Gasteiger partial charge in [-0.25, -0.2) is 0 Å². The minimum Gasteiger partial charge on any atom is -0.481 e. The number of hydrogen-bond acceptors (Lipinski definition) is 3. The molecule has 1 unspecified atom stereocenters. The van der Waals surface area contributed by atoms with Crippen LogP contribution in [0, 0.1) is 11.8 Å². The molecule has 1 fully saturated rings. The van der Waals surface area contributed by atoms with Gasteiger partial charge >= 0.3 is 12.1 Å². The highest BCUT2D eigenvalue weighted by molar-refractivity contribution is 6.08. The van der Waals surface area contributed by atoms with E-state index in [1.165, 1.54) is 6.07 Å². The Morgan fingerprint density at radius 2 is 2.07 bits per heavy atom. The Labute approximate surface area is 158 Å². The number of nitrogens with zero attached hydrogens (tertiary/aromatic N) is 1. The van der Waals surface area contributed by atoms with E-state index in [9.17, 15) is 23.1 Å². The summed E-state index contributed by atoms with van der Waals surface area (Å²) >= 11 is 0. The molecule has 148 valence electrons. The molecule has 0 amide bonds. The van der Waals surface area contributed by atoms with Crippen molar-refractivity contribution in [3.8, 4) is 0 Å². The molecule has 2 aliphatic rings. The maximum Gasteiger partial charge on any atom is 0.416 e. The number of fused-ring (bicyclic) bond motifs is 1. The smallest absolute Gasteiger partial charge is 0.416 e. The van der Waals surface area contributed by atoms with Gasteiger partial charge in [-0.05, 0) is 42.0 Å². The molecule has 3 atom stereocenters. The minimum absolute atomic E-state index is 0.133. The average molecular weight is 382 g/mol. The van der Waals surface area contributed by atoms with Crippen molar-refractivity contribution in [1.29, 1.82) is 0 Å². The van der Waals surface area contributed by atoms with Gasteiger partial charge in [0.2, 0.25) is 0 Å². The van der Waals surface area contributed by atoms with Crippen LogP contribution in [-0.4, -0.2) is 49.5 Å². The normalized spacial score (nSPS) is 26.1. The summed E-state index contributed by atoms with van der Waals surface area (Å²) in [5.41, 5.74) is 1.04. The standard InChI is InChI=1S/C19H26BF3N2O2/c20-5-1-2-13-9-25(11-17(13)18(26)27)10-16-7-12-3-4-15(19(21,22)23)6-14(12)8-24-16/h3-4,6,13,16-17,24H,1-2,5,7-11,20H2,(H,26,27)/t13-,16?,17+/m0/s1. The zero-order chi connectivity index (χ0) is 19.6. The first kappa shape index (κ1) is 20.2. The van der Waals surface area contributed by atoms with E-state index in [0.717, 1.165) is 43.9 Å². The van der Waals surface area contributed by atoms with Crippen molar-refractivity contribution in [3.05, 3.63) is 34.9 Å². The summed E-state index contributed by atoms with van der Waals surface area (Å²) in [6.45, 7) is 2.49. The molecule has 2 aliphatic heterocycles. The molecular weight excluding hydrogens is 356 g/mol. The van der Waals surface area contributed by atoms with Crippen molar-refractivity contribution in [2.24, 2.45) is 11.8 Å². The molecule has 1 saturated heterocycles. The number of halogens is 3. The predicted octanol–water partition coefficient (Wildman–Crippen LogP) is 2.18. The Morgan fingerprint density at radius 1 is 1.30 bits per heavy atom. The lowest BCUT2D eigenvalue weighted by Crippen LogP contribution is -2.44. The quantitative estimate of drug-likeness (QED) is 0.741. The van der Waals surface area contributed by atoms with E-state index in [2.05, 4.69) is 18.1 Å². The van der Waals surface area contributed by atoms with Gasteiger partial charge in [-0.1, -0.05) is 18.8 Å². The third kappa shape index (κ3) is 4.85. The van der Waals surface area contributed by atoms with Gasteiger partial charge in [-0.3, -0.25) is 4.79 Å². The highest BCUT2D eigenvalue weighted by Crippen LogP contribution is 2.32. The molecule has 4 nitrogen and oxygen atoms in total. The van der Waals surface area contributed by atoms with Crippen LogP contribution in [0.15, 0.2) is 18.2 Å². The zero-order valence-electron chi connectivity index (χ0n) is 15.6. The number of rotatable bonds is 6. The van der Waals surface area contributed by atoms with Gasteiger partial charge in [0.05, 0.1) is 11.5 Å². The Bertz CT molecular complexity index is 683. The van der Waals surface area contributed by atoms with Crippen LogP contribution in [0.4, 0.5) is 13.2 Å². The molecule has 1 aromatic carbocycles. The van der Waals surface area contributed by atoms with Gasteiger partial charge in [0.25, 0.3) is 0 Å². The predicted molar refractivity (Wildman–Crippen MR) is 99.4 cm³/mol. The fourth-order valence-corrected chi connectivity index (χ4v) is 4.35. The topological polar surface area (TPSA) is 52.6 Å². The number of hydrogen-bond donors (Lipinski definition) is 2. The fraction of sp³-hybridized carbons (Fsp3) is 0.632. The summed E-state index contributed by atoms with van der Waals surface area (Å²) in [4.78, 5) is 13.8. The molecule has 3 rings (SSSR count). The number of nitrogens with one attached hydrogen (secondary N) is 1. The van der Waals surface area contributed by atoms with Gasteiger partial charge in [-0.15, -0.1) is 0 Å². The first-order valence-electron chi connectivity index (χ1n) is 9.65. The van der Waals surface area contributed by atoms with Crippen LogP contribution < -0.4 is 5.32 Å². The SMILES string of the molecule is BCCC[C@H]1CN(CC2Cc3ccc(C(F)(F)F)cc3CN2)C[C@H]1C(=O)O. The van der Waals surface area contributed by atoms with Crippen molar-refractivity contribution < 1.29 is 23.1 Å². The van der Waals surface area contributed by atoms with E-state index in [-0.39, 0.29) is 17.9 Å². The van der Waals surface area contributed by atoms with Crippen LogP contribution in [-0.2, 0) is 23.9 Å². The zero-order valence-corrected chi connectivity index (χ0v) is 15.6. The van der Waals surface area contributed by atoms with E-state index in [1.807, 2.05) is 0 Å². The largest absolute Gasteiger partial charge is 0.481 e. The Kier molecular flexibility index (Phi) is 6.16. The Morgan fingerprint density at radius 3 is 2.74 bits per heavy atom. The van der Waals surface area contributed by atoms with Crippen LogP contribution in [0.25, 0.3) is 0 Å². The van der Waals surface area contributed by atoms with Crippen LogP contribution >= 0.6 is 0 Å². The molecule has 0 aromatic heterocycles. The van der Waals surface area contributed by atoms with E-state index in [1.54, 1.807) is 6.07 Å². The molecule has 1 aromatic rings. The molecule has 8 heteroatoms. The van der Waals surface area contributed by atoms with Crippen molar-refractivity contribution >= 4 is 13.8 Å². The first-order valence-corrected chi connectivity index (χ1v) is 9.65. The van der Waals surface area contributed by atoms with E-state index < -0.39 is 17.7 Å². The molecule has 27 heavy (non-hydrogen) atoms. The van der Waals surface area contributed by atoms with Gasteiger partial charge in [0, 0.05) is 32.2 Å². The van der Waals surface area contributed by atoms with Crippen LogP contribution in [0.3, 0.4) is 0 Å². The average Bonchev–Trinajstić information content (AvgIpc) is 3.01. The van der Waals surface area contributed by atoms with E-state index >= 15 is 0 Å². The van der Waals surface area contributed by atoms with E-state index in [4.69, 9.17) is 0 Å². The second-order valence-electron chi connectivity index (χ2n) is 7.83. The van der Waals surface area contributed by atoms with Crippen molar-refractivity contribution in [2.45, 2.75) is 44.3 Å².